The van der Waals surface area contributed by atoms with E-state index in [0.717, 1.165) is 17.2 Å². The van der Waals surface area contributed by atoms with Crippen molar-refractivity contribution in [1.82, 2.24) is 4.98 Å². The molecule has 0 spiro atoms. The Hall–Kier alpha value is -3.24. The third kappa shape index (κ3) is 6.87. The van der Waals surface area contributed by atoms with Crippen molar-refractivity contribution in [2.45, 2.75) is 18.9 Å². The van der Waals surface area contributed by atoms with E-state index in [9.17, 15) is 18.7 Å². The van der Waals surface area contributed by atoms with Crippen molar-refractivity contribution in [2.24, 2.45) is 5.73 Å². The minimum Gasteiger partial charge on any atom is -0.478 e. The quantitative estimate of drug-likeness (QED) is 0.365. The molecular weight excluding hydrogens is 434 g/mol. The molecule has 6 N–H and O–H groups in total. The lowest BCUT2D eigenvalue weighted by atomic mass is 9.98. The number of aliphatic hydroxyl groups is 3. The van der Waals surface area contributed by atoms with Crippen molar-refractivity contribution in [3.8, 4) is 11.3 Å². The average molecular weight is 460 g/mol. The van der Waals surface area contributed by atoms with Crippen LogP contribution in [0, 0.1) is 18.6 Å². The molecule has 0 aliphatic heterocycles. The van der Waals surface area contributed by atoms with Gasteiger partial charge in [0.25, 0.3) is 0 Å². The van der Waals surface area contributed by atoms with Crippen molar-refractivity contribution in [1.29, 1.82) is 0 Å². The number of nitrogens with zero attached hydrogens (tertiary/aromatic N) is 1. The molecule has 0 atom stereocenters. The zero-order chi connectivity index (χ0) is 24.6. The van der Waals surface area contributed by atoms with Gasteiger partial charge in [-0.25, -0.2) is 13.6 Å². The van der Waals surface area contributed by atoms with Crippen LogP contribution in [0.15, 0.2) is 54.7 Å². The van der Waals surface area contributed by atoms with E-state index in [0.29, 0.717) is 17.7 Å². The van der Waals surface area contributed by atoms with Crippen molar-refractivity contribution in [3.63, 3.8) is 0 Å². The molecule has 0 fully saturated rings. The van der Waals surface area contributed by atoms with E-state index in [1.807, 2.05) is 13.0 Å². The number of aromatic carboxylic acids is 1. The highest BCUT2D eigenvalue weighted by Crippen LogP contribution is 2.23. The Balaban J connectivity index is 0.000000414. The lowest BCUT2D eigenvalue weighted by Gasteiger charge is -2.20. The second-order valence-corrected chi connectivity index (χ2v) is 7.63. The van der Waals surface area contributed by atoms with Crippen LogP contribution in [-0.2, 0) is 6.42 Å². The number of hydrogen-bond acceptors (Lipinski definition) is 6. The fourth-order valence-electron chi connectivity index (χ4n) is 2.80. The fourth-order valence-corrected chi connectivity index (χ4v) is 2.80. The molecule has 9 heteroatoms. The summed E-state index contributed by atoms with van der Waals surface area (Å²) in [6.45, 7) is 0.625. The van der Waals surface area contributed by atoms with Gasteiger partial charge in [0, 0.05) is 11.8 Å². The highest BCUT2D eigenvalue weighted by molar-refractivity contribution is 5.89. The molecule has 0 radical (unpaired) electrons. The number of nitrogens with two attached hydrogens (primary N) is 1. The smallest absolute Gasteiger partial charge is 0.335 e. The first-order chi connectivity index (χ1) is 15.6. The maximum atomic E-state index is 13.8. The van der Waals surface area contributed by atoms with E-state index >= 15 is 0 Å². The molecule has 2 aromatic carbocycles. The van der Waals surface area contributed by atoms with E-state index in [1.54, 1.807) is 30.5 Å². The first-order valence-corrected chi connectivity index (χ1v) is 9.97. The number of pyridine rings is 1. The summed E-state index contributed by atoms with van der Waals surface area (Å²) in [4.78, 5) is 15.6. The first kappa shape index (κ1) is 26.0. The maximum Gasteiger partial charge on any atom is 0.335 e. The number of hydrogen-bond donors (Lipinski definition) is 5. The first-order valence-electron chi connectivity index (χ1n) is 9.97. The SMILES string of the molecule is Cc1ccc(Cc2ccc(-c3cccc(F)c3F)nc2)c(C(=O)O)c1.NC(CO)(CO)CO. The molecule has 1 heterocycles. The van der Waals surface area contributed by atoms with E-state index in [1.165, 1.54) is 12.1 Å². The predicted molar refractivity (Wildman–Crippen MR) is 119 cm³/mol. The van der Waals surface area contributed by atoms with Gasteiger partial charge in [0.2, 0.25) is 0 Å². The van der Waals surface area contributed by atoms with Crippen molar-refractivity contribution < 1.29 is 34.0 Å². The van der Waals surface area contributed by atoms with Gasteiger partial charge in [0.15, 0.2) is 11.6 Å². The standard InChI is InChI=1S/C20H15F2NO2.C4H11NO3/c1-12-5-7-14(16(9-12)20(24)25)10-13-6-8-18(23-11-13)15-3-2-4-17(21)19(15)22;5-4(1-6,2-7)3-8/h2-9,11H,10H2,1H3,(H,24,25);6-8H,1-3,5H2. The van der Waals surface area contributed by atoms with Crippen LogP contribution in [0.4, 0.5) is 8.78 Å². The van der Waals surface area contributed by atoms with Crippen LogP contribution in [0.3, 0.4) is 0 Å². The number of aromatic nitrogens is 1. The van der Waals surface area contributed by atoms with Crippen LogP contribution in [0.1, 0.15) is 27.0 Å². The number of rotatable bonds is 7. The second-order valence-electron chi connectivity index (χ2n) is 7.63. The van der Waals surface area contributed by atoms with E-state index in [2.05, 4.69) is 4.98 Å². The Kier molecular flexibility index (Phi) is 9.12. The number of aliphatic hydroxyl groups excluding tert-OH is 3. The molecule has 0 saturated heterocycles. The summed E-state index contributed by atoms with van der Waals surface area (Å²) in [6, 6.07) is 12.5. The summed E-state index contributed by atoms with van der Waals surface area (Å²) in [5.41, 5.74) is 6.93. The zero-order valence-corrected chi connectivity index (χ0v) is 18.0. The highest BCUT2D eigenvalue weighted by Gasteiger charge is 2.20. The molecule has 0 amide bonds. The van der Waals surface area contributed by atoms with Crippen LogP contribution >= 0.6 is 0 Å². The predicted octanol–water partition coefficient (Wildman–Crippen LogP) is 2.29. The molecule has 3 aromatic rings. The Bertz CT molecular complexity index is 1080. The third-order valence-electron chi connectivity index (χ3n) is 4.89. The van der Waals surface area contributed by atoms with Gasteiger partial charge in [0.05, 0.1) is 36.6 Å². The largest absolute Gasteiger partial charge is 0.478 e. The number of carboxylic acid groups (broad SMARTS) is 1. The summed E-state index contributed by atoms with van der Waals surface area (Å²) < 4.78 is 27.2. The number of benzene rings is 2. The minimum absolute atomic E-state index is 0.0908. The Morgan fingerprint density at radius 2 is 1.70 bits per heavy atom. The fraction of sp³-hybridized carbons (Fsp3) is 0.250. The summed E-state index contributed by atoms with van der Waals surface area (Å²) in [7, 11) is 0. The van der Waals surface area contributed by atoms with Gasteiger partial charge < -0.3 is 26.2 Å². The third-order valence-corrected chi connectivity index (χ3v) is 4.89. The summed E-state index contributed by atoms with van der Waals surface area (Å²) in [5, 5.41) is 34.3. The summed E-state index contributed by atoms with van der Waals surface area (Å²) >= 11 is 0. The number of aryl methyl sites for hydroxylation is 1. The molecule has 7 nitrogen and oxygen atoms in total. The van der Waals surface area contributed by atoms with Crippen molar-refractivity contribution in [2.75, 3.05) is 19.8 Å². The maximum absolute atomic E-state index is 13.8. The van der Waals surface area contributed by atoms with E-state index in [4.69, 9.17) is 21.1 Å². The number of halogens is 2. The van der Waals surface area contributed by atoms with E-state index in [-0.39, 0.29) is 11.1 Å². The monoisotopic (exact) mass is 460 g/mol. The van der Waals surface area contributed by atoms with Crippen LogP contribution in [0.2, 0.25) is 0 Å². The van der Waals surface area contributed by atoms with Crippen molar-refractivity contribution in [3.05, 3.63) is 88.6 Å². The lowest BCUT2D eigenvalue weighted by molar-refractivity contribution is 0.0691. The molecule has 176 valence electrons. The molecule has 0 saturated carbocycles. The van der Waals surface area contributed by atoms with Crippen LogP contribution in [0.25, 0.3) is 11.3 Å². The number of carbonyl (C=O) groups is 1. The molecule has 33 heavy (non-hydrogen) atoms. The average Bonchev–Trinajstić information content (AvgIpc) is 2.82. The van der Waals surface area contributed by atoms with Crippen LogP contribution < -0.4 is 5.73 Å². The zero-order valence-electron chi connectivity index (χ0n) is 18.0. The highest BCUT2D eigenvalue weighted by atomic mass is 19.2. The summed E-state index contributed by atoms with van der Waals surface area (Å²) in [5.74, 6) is -2.84. The molecule has 0 unspecified atom stereocenters. The molecule has 0 aliphatic rings. The number of carboxylic acids is 1. The van der Waals surface area contributed by atoms with Crippen molar-refractivity contribution >= 4 is 5.97 Å². The van der Waals surface area contributed by atoms with Gasteiger partial charge in [0.1, 0.15) is 0 Å². The topological polar surface area (TPSA) is 137 Å². The molecular formula is C24H26F2N2O5. The van der Waals surface area contributed by atoms with Gasteiger partial charge >= 0.3 is 5.97 Å². The minimum atomic E-state index is -1.21. The van der Waals surface area contributed by atoms with Gasteiger partial charge in [-0.3, -0.25) is 4.98 Å². The molecule has 3 rings (SSSR count). The van der Waals surface area contributed by atoms with Crippen LogP contribution in [0.5, 0.6) is 0 Å². The molecule has 1 aromatic heterocycles. The Morgan fingerprint density at radius 3 is 2.21 bits per heavy atom. The van der Waals surface area contributed by atoms with Gasteiger partial charge in [-0.2, -0.15) is 0 Å². The van der Waals surface area contributed by atoms with Crippen LogP contribution in [-0.4, -0.2) is 56.7 Å². The Labute approximate surface area is 189 Å². The second kappa shape index (κ2) is 11.6. The lowest BCUT2D eigenvalue weighted by Crippen LogP contribution is -2.50. The normalized spacial score (nSPS) is 11.0. The van der Waals surface area contributed by atoms with Gasteiger partial charge in [-0.15, -0.1) is 0 Å². The molecule has 0 bridgehead atoms. The van der Waals surface area contributed by atoms with Gasteiger partial charge in [-0.1, -0.05) is 29.8 Å². The molecule has 0 aliphatic carbocycles. The van der Waals surface area contributed by atoms with Gasteiger partial charge in [-0.05, 0) is 48.7 Å². The Morgan fingerprint density at radius 1 is 1.03 bits per heavy atom. The van der Waals surface area contributed by atoms with E-state index < -0.39 is 43.0 Å². The summed E-state index contributed by atoms with van der Waals surface area (Å²) in [6.07, 6.45) is 1.94.